The Morgan fingerprint density at radius 3 is 2.26 bits per heavy atom. The maximum Gasteiger partial charge on any atom is 0.308 e. The van der Waals surface area contributed by atoms with E-state index in [0.29, 0.717) is 17.9 Å². The Kier molecular flexibility index (Phi) is 5.88. The van der Waals surface area contributed by atoms with E-state index in [1.54, 1.807) is 25.1 Å². The fourth-order valence-corrected chi connectivity index (χ4v) is 5.10. The summed E-state index contributed by atoms with van der Waals surface area (Å²) in [6.45, 7) is 8.47. The number of likely N-dealkylation sites (N-methyl/N-ethyl adjacent to an activating group) is 1. The third-order valence-electron chi connectivity index (χ3n) is 5.88. The van der Waals surface area contributed by atoms with Gasteiger partial charge < -0.3 is 9.47 Å². The van der Waals surface area contributed by atoms with Crippen molar-refractivity contribution in [2.75, 3.05) is 7.05 Å². The molecule has 1 atom stereocenters. The zero-order valence-corrected chi connectivity index (χ0v) is 19.4. The second kappa shape index (κ2) is 8.00. The molecule has 0 N–H and O–H groups in total. The van der Waals surface area contributed by atoms with Crippen LogP contribution in [0.4, 0.5) is 0 Å². The summed E-state index contributed by atoms with van der Waals surface area (Å²) >= 11 is 0. The number of fused-ring (bicyclic) bond motifs is 1. The number of sulfonamides is 1. The number of hydrogen-bond donors (Lipinski definition) is 0. The Bertz CT molecular complexity index is 1160. The SMILES string of the molecule is CC(=O)Oc1c(C)c(C)c2c(c1C)CCC(C)(C(=O)N(C)S(=O)(=O)c1ccccc1)O2. The minimum absolute atomic E-state index is 0.0413. The molecule has 1 aliphatic heterocycles. The molecule has 1 unspecified atom stereocenters. The Morgan fingerprint density at radius 1 is 1.06 bits per heavy atom. The number of carbonyl (C=O) groups is 2. The summed E-state index contributed by atoms with van der Waals surface area (Å²) < 4.78 is 38.2. The molecule has 0 radical (unpaired) electrons. The van der Waals surface area contributed by atoms with E-state index in [0.717, 1.165) is 26.6 Å². The van der Waals surface area contributed by atoms with Gasteiger partial charge in [-0.3, -0.25) is 9.59 Å². The highest BCUT2D eigenvalue weighted by atomic mass is 32.2. The molecule has 7 nitrogen and oxygen atoms in total. The first-order valence-corrected chi connectivity index (χ1v) is 11.4. The second-order valence-corrected chi connectivity index (χ2v) is 10.00. The van der Waals surface area contributed by atoms with E-state index in [2.05, 4.69) is 0 Å². The van der Waals surface area contributed by atoms with Gasteiger partial charge in [-0.2, -0.15) is 0 Å². The molecule has 2 aromatic rings. The van der Waals surface area contributed by atoms with Crippen LogP contribution >= 0.6 is 0 Å². The molecule has 0 saturated carbocycles. The Labute approximate surface area is 183 Å². The summed E-state index contributed by atoms with van der Waals surface area (Å²) in [5, 5.41) is 0. The zero-order chi connectivity index (χ0) is 23.1. The van der Waals surface area contributed by atoms with Crippen LogP contribution in [0.5, 0.6) is 11.5 Å². The van der Waals surface area contributed by atoms with Gasteiger partial charge in [-0.1, -0.05) is 18.2 Å². The predicted molar refractivity (Wildman–Crippen MR) is 116 cm³/mol. The molecule has 0 aliphatic carbocycles. The molecule has 0 fully saturated rings. The van der Waals surface area contributed by atoms with E-state index in [-0.39, 0.29) is 11.3 Å². The van der Waals surface area contributed by atoms with Gasteiger partial charge in [0.25, 0.3) is 15.9 Å². The lowest BCUT2D eigenvalue weighted by molar-refractivity contribution is -0.142. The lowest BCUT2D eigenvalue weighted by Gasteiger charge is -2.38. The van der Waals surface area contributed by atoms with Crippen molar-refractivity contribution in [1.82, 2.24) is 4.31 Å². The van der Waals surface area contributed by atoms with E-state index in [4.69, 9.17) is 9.47 Å². The Balaban J connectivity index is 1.98. The van der Waals surface area contributed by atoms with Gasteiger partial charge in [0.2, 0.25) is 0 Å². The van der Waals surface area contributed by atoms with Crippen LogP contribution < -0.4 is 9.47 Å². The molecule has 8 heteroatoms. The smallest absolute Gasteiger partial charge is 0.308 e. The standard InChI is InChI=1S/C23H27NO6S/c1-14-15(2)21-19(16(3)20(14)29-17(4)25)12-13-23(5,30-21)22(26)24(6)31(27,28)18-10-8-7-9-11-18/h7-11H,12-13H2,1-6H3. The number of esters is 1. The highest BCUT2D eigenvalue weighted by Crippen LogP contribution is 2.44. The van der Waals surface area contributed by atoms with Gasteiger partial charge in [-0.15, -0.1) is 0 Å². The monoisotopic (exact) mass is 445 g/mol. The summed E-state index contributed by atoms with van der Waals surface area (Å²) in [5.41, 5.74) is 1.79. The molecule has 1 amide bonds. The number of ether oxygens (including phenoxy) is 2. The van der Waals surface area contributed by atoms with Crippen molar-refractivity contribution in [3.8, 4) is 11.5 Å². The van der Waals surface area contributed by atoms with Crippen LogP contribution in [0.2, 0.25) is 0 Å². The van der Waals surface area contributed by atoms with Crippen molar-refractivity contribution in [2.24, 2.45) is 0 Å². The average Bonchev–Trinajstić information content (AvgIpc) is 2.74. The van der Waals surface area contributed by atoms with Gasteiger partial charge in [0.15, 0.2) is 5.60 Å². The maximum absolute atomic E-state index is 13.3. The molecule has 0 spiro atoms. The first-order valence-electron chi connectivity index (χ1n) is 9.98. The summed E-state index contributed by atoms with van der Waals surface area (Å²) in [5.74, 6) is 0.000345. The molecule has 0 aromatic heterocycles. The number of carbonyl (C=O) groups excluding carboxylic acids is 2. The molecular weight excluding hydrogens is 418 g/mol. The minimum Gasteiger partial charge on any atom is -0.477 e. The molecule has 31 heavy (non-hydrogen) atoms. The highest BCUT2D eigenvalue weighted by Gasteiger charge is 2.45. The van der Waals surface area contributed by atoms with Crippen LogP contribution in [0.25, 0.3) is 0 Å². The molecule has 0 bridgehead atoms. The molecule has 3 rings (SSSR count). The van der Waals surface area contributed by atoms with Crippen molar-refractivity contribution < 1.29 is 27.5 Å². The molecule has 0 saturated heterocycles. The summed E-state index contributed by atoms with van der Waals surface area (Å²) in [4.78, 5) is 24.9. The second-order valence-electron chi connectivity index (χ2n) is 8.03. The van der Waals surface area contributed by atoms with Gasteiger partial charge >= 0.3 is 5.97 Å². The van der Waals surface area contributed by atoms with Gasteiger partial charge in [-0.05, 0) is 62.9 Å². The van der Waals surface area contributed by atoms with Gasteiger partial charge in [0.1, 0.15) is 11.5 Å². The van der Waals surface area contributed by atoms with Crippen molar-refractivity contribution in [3.05, 3.63) is 52.6 Å². The zero-order valence-electron chi connectivity index (χ0n) is 18.6. The van der Waals surface area contributed by atoms with E-state index in [9.17, 15) is 18.0 Å². The van der Waals surface area contributed by atoms with Gasteiger partial charge in [0.05, 0.1) is 4.90 Å². The highest BCUT2D eigenvalue weighted by molar-refractivity contribution is 7.89. The van der Waals surface area contributed by atoms with Crippen molar-refractivity contribution in [3.63, 3.8) is 0 Å². The number of benzene rings is 2. The molecular formula is C23H27NO6S. The Hall–Kier alpha value is -2.87. The summed E-state index contributed by atoms with van der Waals surface area (Å²) in [6, 6.07) is 7.82. The fourth-order valence-electron chi connectivity index (χ4n) is 3.87. The maximum atomic E-state index is 13.3. The van der Waals surface area contributed by atoms with Crippen LogP contribution in [-0.4, -0.2) is 37.2 Å². The number of rotatable bonds is 4. The van der Waals surface area contributed by atoms with Crippen LogP contribution in [0, 0.1) is 20.8 Å². The van der Waals surface area contributed by atoms with E-state index < -0.39 is 27.5 Å². The van der Waals surface area contributed by atoms with Crippen molar-refractivity contribution in [1.29, 1.82) is 0 Å². The van der Waals surface area contributed by atoms with Crippen molar-refractivity contribution >= 4 is 21.9 Å². The van der Waals surface area contributed by atoms with Crippen molar-refractivity contribution in [2.45, 2.75) is 58.0 Å². The Morgan fingerprint density at radius 2 is 1.68 bits per heavy atom. The van der Waals surface area contributed by atoms with E-state index in [1.165, 1.54) is 26.1 Å². The van der Waals surface area contributed by atoms with Crippen LogP contribution in [0.3, 0.4) is 0 Å². The first-order chi connectivity index (χ1) is 14.4. The van der Waals surface area contributed by atoms with E-state index >= 15 is 0 Å². The lowest BCUT2D eigenvalue weighted by atomic mass is 9.86. The normalized spacial score (nSPS) is 18.0. The van der Waals surface area contributed by atoms with Crippen LogP contribution in [-0.2, 0) is 26.0 Å². The quantitative estimate of drug-likeness (QED) is 0.529. The van der Waals surface area contributed by atoms with Crippen LogP contribution in [0.15, 0.2) is 35.2 Å². The minimum atomic E-state index is -4.00. The number of hydrogen-bond acceptors (Lipinski definition) is 6. The number of nitrogens with zero attached hydrogens (tertiary/aromatic N) is 1. The molecule has 1 aliphatic rings. The van der Waals surface area contributed by atoms with Crippen LogP contribution in [0.1, 0.15) is 42.5 Å². The number of amides is 1. The largest absolute Gasteiger partial charge is 0.477 e. The van der Waals surface area contributed by atoms with Gasteiger partial charge in [-0.25, -0.2) is 12.7 Å². The summed E-state index contributed by atoms with van der Waals surface area (Å²) in [6.07, 6.45) is 0.772. The molecule has 2 aromatic carbocycles. The third kappa shape index (κ3) is 3.92. The lowest BCUT2D eigenvalue weighted by Crippen LogP contribution is -2.53. The molecule has 166 valence electrons. The van der Waals surface area contributed by atoms with E-state index in [1.807, 2.05) is 20.8 Å². The third-order valence-corrected chi connectivity index (χ3v) is 7.63. The average molecular weight is 446 g/mol. The first kappa shape index (κ1) is 22.8. The predicted octanol–water partition coefficient (Wildman–Crippen LogP) is 3.47. The van der Waals surface area contributed by atoms with Gasteiger partial charge in [0, 0.05) is 26.0 Å². The molecule has 1 heterocycles. The topological polar surface area (TPSA) is 90.0 Å². The summed E-state index contributed by atoms with van der Waals surface area (Å²) in [7, 11) is -2.75. The fraction of sp³-hybridized carbons (Fsp3) is 0.391.